The second kappa shape index (κ2) is 10.4. The van der Waals surface area contributed by atoms with Gasteiger partial charge in [-0.1, -0.05) is 18.9 Å². The minimum absolute atomic E-state index is 0.170. The van der Waals surface area contributed by atoms with Gasteiger partial charge in [0.25, 0.3) is 5.91 Å². The molecule has 3 aromatic rings. The van der Waals surface area contributed by atoms with E-state index in [1.54, 1.807) is 0 Å². The van der Waals surface area contributed by atoms with E-state index in [0.717, 1.165) is 48.5 Å². The second-order valence-corrected chi connectivity index (χ2v) is 7.41. The molecule has 0 saturated carbocycles. The molecular formula is C22H14F7N3O3S. The third-order valence-corrected chi connectivity index (χ3v) is 4.81. The Kier molecular flexibility index (Phi) is 7.67. The molecule has 3 amide bonds. The summed E-state index contributed by atoms with van der Waals surface area (Å²) < 4.78 is 94.7. The Morgan fingerprint density at radius 1 is 0.833 bits per heavy atom. The Bertz CT molecular complexity index is 1260. The Labute approximate surface area is 204 Å². The van der Waals surface area contributed by atoms with Gasteiger partial charge in [-0.15, -0.1) is 13.2 Å². The van der Waals surface area contributed by atoms with Gasteiger partial charge in [0.05, 0.1) is 5.56 Å². The lowest BCUT2D eigenvalue weighted by Gasteiger charge is -2.21. The number of rotatable bonds is 5. The first kappa shape index (κ1) is 26.7. The summed E-state index contributed by atoms with van der Waals surface area (Å²) in [7, 11) is 0. The molecule has 2 N–H and O–H groups in total. The summed E-state index contributed by atoms with van der Waals surface area (Å²) in [6, 6.07) is 9.42. The number of halogens is 7. The second-order valence-electron chi connectivity index (χ2n) is 7.01. The fourth-order valence-electron chi connectivity index (χ4n) is 2.83. The van der Waals surface area contributed by atoms with E-state index in [1.165, 1.54) is 12.1 Å². The molecule has 190 valence electrons. The van der Waals surface area contributed by atoms with Crippen LogP contribution in [0.1, 0.15) is 15.9 Å². The van der Waals surface area contributed by atoms with Gasteiger partial charge in [-0.3, -0.25) is 4.79 Å². The molecule has 0 atom stereocenters. The number of carbonyl (C=O) groups is 2. The van der Waals surface area contributed by atoms with Crippen LogP contribution in [0.2, 0.25) is 0 Å². The van der Waals surface area contributed by atoms with Crippen molar-refractivity contribution < 1.29 is 45.1 Å². The van der Waals surface area contributed by atoms with E-state index in [2.05, 4.69) is 28.2 Å². The highest BCUT2D eigenvalue weighted by atomic mass is 32.1. The fraction of sp³-hybridized carbons (Fsp3) is 0.0909. The fourth-order valence-corrected chi connectivity index (χ4v) is 3.04. The van der Waals surface area contributed by atoms with Crippen molar-refractivity contribution in [1.29, 1.82) is 0 Å². The third kappa shape index (κ3) is 7.04. The normalized spacial score (nSPS) is 11.6. The van der Waals surface area contributed by atoms with E-state index in [9.17, 15) is 40.3 Å². The van der Waals surface area contributed by atoms with Crippen LogP contribution in [-0.4, -0.2) is 18.3 Å². The molecule has 0 heterocycles. The zero-order chi connectivity index (χ0) is 26.7. The van der Waals surface area contributed by atoms with E-state index in [4.69, 9.17) is 0 Å². The zero-order valence-electron chi connectivity index (χ0n) is 17.6. The molecule has 6 nitrogen and oxygen atoms in total. The number of nitrogens with one attached hydrogen (secondary N) is 2. The molecule has 0 aliphatic rings. The molecule has 0 aliphatic carbocycles. The molecule has 0 unspecified atom stereocenters. The van der Waals surface area contributed by atoms with Crippen molar-refractivity contribution in [3.8, 4) is 5.75 Å². The summed E-state index contributed by atoms with van der Waals surface area (Å²) in [4.78, 5) is 25.1. The molecule has 3 aromatic carbocycles. The van der Waals surface area contributed by atoms with Crippen molar-refractivity contribution in [3.05, 3.63) is 83.7 Å². The van der Waals surface area contributed by atoms with Crippen LogP contribution in [-0.2, 0) is 6.18 Å². The summed E-state index contributed by atoms with van der Waals surface area (Å²) in [6.45, 7) is 0. The lowest BCUT2D eigenvalue weighted by Crippen LogP contribution is -2.28. The molecule has 0 bridgehead atoms. The van der Waals surface area contributed by atoms with Gasteiger partial charge in [-0.05, 0) is 60.7 Å². The monoisotopic (exact) mass is 533 g/mol. The van der Waals surface area contributed by atoms with Crippen LogP contribution in [0.15, 0.2) is 66.7 Å². The maximum atomic E-state index is 13.1. The lowest BCUT2D eigenvalue weighted by molar-refractivity contribution is -0.274. The quantitative estimate of drug-likeness (QED) is 0.247. The number of nitrogens with zero attached hydrogens (tertiary/aromatic N) is 1. The number of benzene rings is 3. The van der Waals surface area contributed by atoms with Crippen molar-refractivity contribution in [1.82, 2.24) is 0 Å². The van der Waals surface area contributed by atoms with Crippen LogP contribution in [0.4, 0.5) is 52.6 Å². The number of amides is 3. The molecule has 0 spiro atoms. The van der Waals surface area contributed by atoms with Crippen molar-refractivity contribution in [2.45, 2.75) is 12.5 Å². The standard InChI is InChI=1S/C22H14F7N3O3S/c23-14-5-7-15(8-6-14)30-19(33)12-4-9-18(35-22(27,28)29)17(10-12)32(36)20(34)31-16-3-1-2-13(11-16)21(24,25)26/h1-11,36H,(H,30,33)(H,31,34). The van der Waals surface area contributed by atoms with Crippen molar-refractivity contribution in [2.24, 2.45) is 0 Å². The summed E-state index contributed by atoms with van der Waals surface area (Å²) in [6.07, 6.45) is -9.89. The van der Waals surface area contributed by atoms with Gasteiger partial charge < -0.3 is 15.4 Å². The summed E-state index contributed by atoms with van der Waals surface area (Å²) >= 11 is 3.85. The smallest absolute Gasteiger partial charge is 0.404 e. The van der Waals surface area contributed by atoms with Gasteiger partial charge in [-0.2, -0.15) is 13.2 Å². The largest absolute Gasteiger partial charge is 0.573 e. The number of anilines is 3. The Morgan fingerprint density at radius 3 is 2.11 bits per heavy atom. The number of ether oxygens (including phenoxy) is 1. The Morgan fingerprint density at radius 2 is 1.50 bits per heavy atom. The number of thiol groups is 1. The maximum absolute atomic E-state index is 13.1. The van der Waals surface area contributed by atoms with Crippen LogP contribution in [0.5, 0.6) is 5.75 Å². The van der Waals surface area contributed by atoms with E-state index < -0.39 is 47.3 Å². The summed E-state index contributed by atoms with van der Waals surface area (Å²) in [5.74, 6) is -2.32. The van der Waals surface area contributed by atoms with E-state index in [1.807, 2.05) is 0 Å². The minimum Gasteiger partial charge on any atom is -0.404 e. The first-order valence-electron chi connectivity index (χ1n) is 9.67. The van der Waals surface area contributed by atoms with E-state index in [0.29, 0.717) is 10.4 Å². The Balaban J connectivity index is 1.89. The highest BCUT2D eigenvalue weighted by molar-refractivity contribution is 7.82. The molecular weight excluding hydrogens is 519 g/mol. The topological polar surface area (TPSA) is 70.7 Å². The van der Waals surface area contributed by atoms with E-state index >= 15 is 0 Å². The highest BCUT2D eigenvalue weighted by Gasteiger charge is 2.34. The molecule has 0 aromatic heterocycles. The molecule has 14 heteroatoms. The number of urea groups is 1. The molecule has 0 radical (unpaired) electrons. The number of hydrogen-bond acceptors (Lipinski definition) is 4. The van der Waals surface area contributed by atoms with Crippen molar-refractivity contribution in [2.75, 3.05) is 14.9 Å². The van der Waals surface area contributed by atoms with Gasteiger partial charge in [0.1, 0.15) is 11.5 Å². The predicted octanol–water partition coefficient (Wildman–Crippen LogP) is 6.88. The molecule has 3 rings (SSSR count). The number of hydrogen-bond donors (Lipinski definition) is 3. The lowest BCUT2D eigenvalue weighted by atomic mass is 10.1. The van der Waals surface area contributed by atoms with Crippen molar-refractivity contribution >= 4 is 41.8 Å². The number of carbonyl (C=O) groups excluding carboxylic acids is 2. The van der Waals surface area contributed by atoms with Gasteiger partial charge in [-0.25, -0.2) is 13.5 Å². The minimum atomic E-state index is -5.18. The van der Waals surface area contributed by atoms with Crippen LogP contribution in [0.25, 0.3) is 0 Å². The van der Waals surface area contributed by atoms with Crippen LogP contribution < -0.4 is 19.7 Å². The number of alkyl halides is 6. The van der Waals surface area contributed by atoms with Crippen LogP contribution in [0, 0.1) is 5.82 Å². The predicted molar refractivity (Wildman–Crippen MR) is 119 cm³/mol. The van der Waals surface area contributed by atoms with Crippen LogP contribution >= 0.6 is 12.8 Å². The molecule has 36 heavy (non-hydrogen) atoms. The molecule has 0 aliphatic heterocycles. The SMILES string of the molecule is O=C(Nc1ccc(F)cc1)c1ccc(OC(F)(F)F)c(N(S)C(=O)Nc2cccc(C(F)(F)F)c2)c1. The third-order valence-electron chi connectivity index (χ3n) is 4.41. The van der Waals surface area contributed by atoms with Gasteiger partial charge >= 0.3 is 18.6 Å². The first-order valence-corrected chi connectivity index (χ1v) is 10.1. The van der Waals surface area contributed by atoms with E-state index in [-0.39, 0.29) is 16.9 Å². The average molecular weight is 533 g/mol. The zero-order valence-corrected chi connectivity index (χ0v) is 18.5. The highest BCUT2D eigenvalue weighted by Crippen LogP contribution is 2.36. The summed E-state index contributed by atoms with van der Waals surface area (Å²) in [5, 5.41) is 4.46. The first-order chi connectivity index (χ1) is 16.7. The molecule has 0 fully saturated rings. The van der Waals surface area contributed by atoms with Gasteiger partial charge in [0.2, 0.25) is 0 Å². The van der Waals surface area contributed by atoms with Gasteiger partial charge in [0, 0.05) is 16.9 Å². The van der Waals surface area contributed by atoms with Gasteiger partial charge in [0.15, 0.2) is 5.75 Å². The maximum Gasteiger partial charge on any atom is 0.573 e. The van der Waals surface area contributed by atoms with Crippen molar-refractivity contribution in [3.63, 3.8) is 0 Å². The summed E-state index contributed by atoms with van der Waals surface area (Å²) in [5.41, 5.74) is -2.12. The molecule has 0 saturated heterocycles. The Hall–Kier alpha value is -3.94. The average Bonchev–Trinajstić information content (AvgIpc) is 2.79. The van der Waals surface area contributed by atoms with Crippen LogP contribution in [0.3, 0.4) is 0 Å².